The molecule has 5 heteroatoms. The van der Waals surface area contributed by atoms with Gasteiger partial charge in [0.1, 0.15) is 0 Å². The maximum atomic E-state index is 12.2. The van der Waals surface area contributed by atoms with E-state index in [2.05, 4.69) is 10.3 Å². The third kappa shape index (κ3) is 2.28. The van der Waals surface area contributed by atoms with Gasteiger partial charge < -0.3 is 15.4 Å². The van der Waals surface area contributed by atoms with Gasteiger partial charge in [0.2, 0.25) is 0 Å². The standard InChI is InChI=1S/C16H18N2O3/c1-9-10(2)18-13-4-3-11(7-12(9)13)14(19)17-8-16(5-6-16)15(20)21/h3-4,7,18H,5-6,8H2,1-2H3,(H,17,19)(H,20,21). The number of benzene rings is 1. The molecule has 0 radical (unpaired) electrons. The Morgan fingerprint density at radius 3 is 2.67 bits per heavy atom. The summed E-state index contributed by atoms with van der Waals surface area (Å²) in [6.07, 6.45) is 1.27. The molecule has 1 aromatic heterocycles. The Balaban J connectivity index is 1.78. The molecule has 110 valence electrons. The fourth-order valence-corrected chi connectivity index (χ4v) is 2.57. The molecule has 3 N–H and O–H groups in total. The number of nitrogens with one attached hydrogen (secondary N) is 2. The molecule has 1 amide bonds. The summed E-state index contributed by atoms with van der Waals surface area (Å²) < 4.78 is 0. The van der Waals surface area contributed by atoms with Crippen LogP contribution in [0.1, 0.15) is 34.5 Å². The van der Waals surface area contributed by atoms with E-state index in [4.69, 9.17) is 5.11 Å². The van der Waals surface area contributed by atoms with Crippen molar-refractivity contribution in [3.8, 4) is 0 Å². The zero-order chi connectivity index (χ0) is 15.2. The predicted octanol–water partition coefficient (Wildman–Crippen LogP) is 2.38. The van der Waals surface area contributed by atoms with Crippen molar-refractivity contribution in [1.29, 1.82) is 0 Å². The number of carboxylic acid groups (broad SMARTS) is 1. The average Bonchev–Trinajstić information content (AvgIpc) is 3.20. The van der Waals surface area contributed by atoms with Gasteiger partial charge in [-0.25, -0.2) is 0 Å². The Morgan fingerprint density at radius 2 is 2.05 bits per heavy atom. The SMILES string of the molecule is Cc1[nH]c2ccc(C(=O)NCC3(C(=O)O)CC3)cc2c1C. The second-order valence-corrected chi connectivity index (χ2v) is 5.90. The summed E-state index contributed by atoms with van der Waals surface area (Å²) in [5.74, 6) is -1.04. The number of H-pyrrole nitrogens is 1. The van der Waals surface area contributed by atoms with Crippen molar-refractivity contribution in [3.05, 3.63) is 35.0 Å². The Morgan fingerprint density at radius 1 is 1.33 bits per heavy atom. The molecule has 1 saturated carbocycles. The highest BCUT2D eigenvalue weighted by atomic mass is 16.4. The first-order chi connectivity index (χ1) is 9.93. The molecule has 2 aromatic rings. The Labute approximate surface area is 122 Å². The predicted molar refractivity (Wildman–Crippen MR) is 79.4 cm³/mol. The normalized spacial score (nSPS) is 15.9. The molecule has 1 aliphatic carbocycles. The van der Waals surface area contributed by atoms with Crippen LogP contribution < -0.4 is 5.32 Å². The number of aryl methyl sites for hydroxylation is 2. The number of aromatic amines is 1. The van der Waals surface area contributed by atoms with Crippen LogP contribution in [-0.4, -0.2) is 28.5 Å². The van der Waals surface area contributed by atoms with Gasteiger partial charge in [-0.05, 0) is 50.5 Å². The number of carbonyl (C=O) groups excluding carboxylic acids is 1. The van der Waals surface area contributed by atoms with Crippen LogP contribution in [0.5, 0.6) is 0 Å². The van der Waals surface area contributed by atoms with Crippen molar-refractivity contribution >= 4 is 22.8 Å². The highest BCUT2D eigenvalue weighted by Gasteiger charge is 2.50. The van der Waals surface area contributed by atoms with Crippen LogP contribution in [0.2, 0.25) is 0 Å². The van der Waals surface area contributed by atoms with Crippen molar-refractivity contribution in [2.75, 3.05) is 6.54 Å². The molecule has 0 bridgehead atoms. The van der Waals surface area contributed by atoms with Crippen molar-refractivity contribution in [1.82, 2.24) is 10.3 Å². The number of hydrogen-bond donors (Lipinski definition) is 3. The number of aromatic nitrogens is 1. The molecule has 1 fully saturated rings. The maximum absolute atomic E-state index is 12.2. The van der Waals surface area contributed by atoms with Gasteiger partial charge in [0, 0.05) is 28.7 Å². The fraction of sp³-hybridized carbons (Fsp3) is 0.375. The molecular formula is C16H18N2O3. The van der Waals surface area contributed by atoms with Crippen LogP contribution in [0.4, 0.5) is 0 Å². The molecule has 0 aliphatic heterocycles. The van der Waals surface area contributed by atoms with Crippen LogP contribution in [0.3, 0.4) is 0 Å². The second-order valence-electron chi connectivity index (χ2n) is 5.90. The van der Waals surface area contributed by atoms with Crippen molar-refractivity contribution in [2.45, 2.75) is 26.7 Å². The summed E-state index contributed by atoms with van der Waals surface area (Å²) >= 11 is 0. The van der Waals surface area contributed by atoms with E-state index < -0.39 is 11.4 Å². The third-order valence-electron chi connectivity index (χ3n) is 4.46. The molecule has 5 nitrogen and oxygen atoms in total. The third-order valence-corrected chi connectivity index (χ3v) is 4.46. The van der Waals surface area contributed by atoms with E-state index in [-0.39, 0.29) is 12.5 Å². The molecule has 0 saturated heterocycles. The topological polar surface area (TPSA) is 82.2 Å². The van der Waals surface area contributed by atoms with E-state index in [0.717, 1.165) is 22.2 Å². The smallest absolute Gasteiger partial charge is 0.311 e. The van der Waals surface area contributed by atoms with E-state index in [1.807, 2.05) is 26.0 Å². The first kappa shape index (κ1) is 13.7. The molecule has 3 rings (SSSR count). The number of rotatable bonds is 4. The molecular weight excluding hydrogens is 268 g/mol. The summed E-state index contributed by atoms with van der Waals surface area (Å²) in [5, 5.41) is 12.9. The first-order valence-electron chi connectivity index (χ1n) is 7.03. The van der Waals surface area contributed by atoms with Crippen LogP contribution in [0.25, 0.3) is 10.9 Å². The van der Waals surface area contributed by atoms with Gasteiger partial charge in [0.15, 0.2) is 0 Å². The fourth-order valence-electron chi connectivity index (χ4n) is 2.57. The highest BCUT2D eigenvalue weighted by Crippen LogP contribution is 2.45. The number of fused-ring (bicyclic) bond motifs is 1. The summed E-state index contributed by atoms with van der Waals surface area (Å²) in [4.78, 5) is 26.6. The molecule has 1 heterocycles. The number of carboxylic acids is 1. The van der Waals surface area contributed by atoms with E-state index in [1.165, 1.54) is 0 Å². The van der Waals surface area contributed by atoms with E-state index in [1.54, 1.807) is 6.07 Å². The highest BCUT2D eigenvalue weighted by molar-refractivity contribution is 5.99. The minimum Gasteiger partial charge on any atom is -0.481 e. The Hall–Kier alpha value is -2.30. The average molecular weight is 286 g/mol. The quantitative estimate of drug-likeness (QED) is 0.807. The monoisotopic (exact) mass is 286 g/mol. The Kier molecular flexibility index (Phi) is 3.01. The van der Waals surface area contributed by atoms with Crippen molar-refractivity contribution < 1.29 is 14.7 Å². The lowest BCUT2D eigenvalue weighted by Gasteiger charge is -2.11. The van der Waals surface area contributed by atoms with E-state index >= 15 is 0 Å². The van der Waals surface area contributed by atoms with Crippen LogP contribution in [-0.2, 0) is 4.79 Å². The molecule has 1 aromatic carbocycles. The van der Waals surface area contributed by atoms with Crippen molar-refractivity contribution in [2.24, 2.45) is 5.41 Å². The van der Waals surface area contributed by atoms with Gasteiger partial charge in [0.25, 0.3) is 5.91 Å². The molecule has 0 unspecified atom stereocenters. The zero-order valence-corrected chi connectivity index (χ0v) is 12.1. The number of carbonyl (C=O) groups is 2. The minimum atomic E-state index is -0.824. The van der Waals surface area contributed by atoms with Crippen LogP contribution in [0, 0.1) is 19.3 Å². The number of hydrogen-bond acceptors (Lipinski definition) is 2. The van der Waals surface area contributed by atoms with Crippen LogP contribution in [0.15, 0.2) is 18.2 Å². The largest absolute Gasteiger partial charge is 0.481 e. The Bertz CT molecular complexity index is 741. The lowest BCUT2D eigenvalue weighted by atomic mass is 10.1. The lowest BCUT2D eigenvalue weighted by molar-refractivity contribution is -0.143. The second kappa shape index (κ2) is 4.62. The van der Waals surface area contributed by atoms with Gasteiger partial charge >= 0.3 is 5.97 Å². The number of amides is 1. The van der Waals surface area contributed by atoms with Gasteiger partial charge in [-0.2, -0.15) is 0 Å². The summed E-state index contributed by atoms with van der Waals surface area (Å²) in [6.45, 7) is 4.21. The van der Waals surface area contributed by atoms with Gasteiger partial charge in [0.05, 0.1) is 5.41 Å². The summed E-state index contributed by atoms with van der Waals surface area (Å²) in [6, 6.07) is 5.49. The maximum Gasteiger partial charge on any atom is 0.311 e. The van der Waals surface area contributed by atoms with Crippen molar-refractivity contribution in [3.63, 3.8) is 0 Å². The van der Waals surface area contributed by atoms with Gasteiger partial charge in [-0.3, -0.25) is 9.59 Å². The van der Waals surface area contributed by atoms with Gasteiger partial charge in [-0.1, -0.05) is 0 Å². The van der Waals surface area contributed by atoms with E-state index in [9.17, 15) is 9.59 Å². The molecule has 0 spiro atoms. The summed E-state index contributed by atoms with van der Waals surface area (Å²) in [7, 11) is 0. The molecule has 1 aliphatic rings. The molecule has 21 heavy (non-hydrogen) atoms. The lowest BCUT2D eigenvalue weighted by Crippen LogP contribution is -2.34. The minimum absolute atomic E-state index is 0.199. The first-order valence-corrected chi connectivity index (χ1v) is 7.03. The molecule has 0 atom stereocenters. The summed E-state index contributed by atoms with van der Waals surface area (Å²) in [5.41, 5.74) is 3.05. The van der Waals surface area contributed by atoms with Crippen LogP contribution >= 0.6 is 0 Å². The number of aliphatic carboxylic acids is 1. The van der Waals surface area contributed by atoms with Gasteiger partial charge in [-0.15, -0.1) is 0 Å². The zero-order valence-electron chi connectivity index (χ0n) is 12.1. The van der Waals surface area contributed by atoms with E-state index in [0.29, 0.717) is 18.4 Å².